The van der Waals surface area contributed by atoms with E-state index in [-0.39, 0.29) is 11.4 Å². The van der Waals surface area contributed by atoms with E-state index in [1.165, 1.54) is 31.4 Å². The molecule has 1 aromatic carbocycles. The molecule has 1 heterocycles. The Hall–Kier alpha value is -2.50. The van der Waals surface area contributed by atoms with Crippen molar-refractivity contribution in [1.29, 1.82) is 0 Å². The first kappa shape index (κ1) is 12.0. The Bertz CT molecular complexity index is 602. The SMILES string of the molecule is COc1cc(-c2cc(C(=O)O)ncn2)ccc1F. The number of hydrogen-bond acceptors (Lipinski definition) is 4. The maximum absolute atomic E-state index is 13.2. The van der Waals surface area contributed by atoms with Crippen molar-refractivity contribution in [2.75, 3.05) is 7.11 Å². The minimum absolute atomic E-state index is 0.0722. The van der Waals surface area contributed by atoms with Gasteiger partial charge in [-0.25, -0.2) is 19.2 Å². The van der Waals surface area contributed by atoms with E-state index in [4.69, 9.17) is 9.84 Å². The van der Waals surface area contributed by atoms with Gasteiger partial charge in [-0.1, -0.05) is 0 Å². The van der Waals surface area contributed by atoms with Crippen LogP contribution >= 0.6 is 0 Å². The molecule has 2 rings (SSSR count). The molecule has 0 fully saturated rings. The lowest BCUT2D eigenvalue weighted by Gasteiger charge is -2.05. The van der Waals surface area contributed by atoms with Crippen molar-refractivity contribution in [1.82, 2.24) is 9.97 Å². The summed E-state index contributed by atoms with van der Waals surface area (Å²) in [6, 6.07) is 5.49. The normalized spacial score (nSPS) is 10.1. The average Bonchev–Trinajstić information content (AvgIpc) is 2.39. The van der Waals surface area contributed by atoms with Crippen LogP contribution in [-0.2, 0) is 0 Å². The number of ether oxygens (including phenoxy) is 1. The number of carboxylic acid groups (broad SMARTS) is 1. The van der Waals surface area contributed by atoms with Gasteiger partial charge in [0.2, 0.25) is 0 Å². The van der Waals surface area contributed by atoms with Crippen LogP contribution in [0.15, 0.2) is 30.6 Å². The summed E-state index contributed by atoms with van der Waals surface area (Å²) in [5, 5.41) is 8.83. The molecule has 0 amide bonds. The van der Waals surface area contributed by atoms with Crippen LogP contribution in [0.4, 0.5) is 4.39 Å². The van der Waals surface area contributed by atoms with Crippen LogP contribution in [0.3, 0.4) is 0 Å². The maximum atomic E-state index is 13.2. The lowest BCUT2D eigenvalue weighted by molar-refractivity contribution is 0.0690. The maximum Gasteiger partial charge on any atom is 0.354 e. The summed E-state index contributed by atoms with van der Waals surface area (Å²) in [5.41, 5.74) is 0.821. The van der Waals surface area contributed by atoms with Gasteiger partial charge in [-0.2, -0.15) is 0 Å². The Kier molecular flexibility index (Phi) is 3.18. The Morgan fingerprint density at radius 1 is 1.33 bits per heavy atom. The fraction of sp³-hybridized carbons (Fsp3) is 0.0833. The Balaban J connectivity index is 2.48. The monoisotopic (exact) mass is 248 g/mol. The van der Waals surface area contributed by atoms with Gasteiger partial charge >= 0.3 is 5.97 Å². The molecule has 6 heteroatoms. The lowest BCUT2D eigenvalue weighted by atomic mass is 10.1. The second-order valence-corrected chi connectivity index (χ2v) is 3.44. The van der Waals surface area contributed by atoms with Gasteiger partial charge < -0.3 is 9.84 Å². The Morgan fingerprint density at radius 2 is 2.11 bits per heavy atom. The summed E-state index contributed by atoms with van der Waals surface area (Å²) in [7, 11) is 1.35. The number of benzene rings is 1. The first-order valence-electron chi connectivity index (χ1n) is 5.01. The number of methoxy groups -OCH3 is 1. The van der Waals surface area contributed by atoms with Gasteiger partial charge in [0.1, 0.15) is 6.33 Å². The van der Waals surface area contributed by atoms with Crippen molar-refractivity contribution in [3.8, 4) is 17.0 Å². The highest BCUT2D eigenvalue weighted by molar-refractivity contribution is 5.86. The molecule has 0 aliphatic heterocycles. The molecule has 0 aliphatic rings. The molecular formula is C12H9FN2O3. The van der Waals surface area contributed by atoms with Crippen LogP contribution in [0.5, 0.6) is 5.75 Å². The number of hydrogen-bond donors (Lipinski definition) is 1. The van der Waals surface area contributed by atoms with Gasteiger partial charge in [0, 0.05) is 5.56 Å². The molecule has 0 radical (unpaired) electrons. The van der Waals surface area contributed by atoms with E-state index >= 15 is 0 Å². The van der Waals surface area contributed by atoms with E-state index in [0.29, 0.717) is 11.3 Å². The highest BCUT2D eigenvalue weighted by atomic mass is 19.1. The van der Waals surface area contributed by atoms with Crippen LogP contribution in [0.1, 0.15) is 10.5 Å². The van der Waals surface area contributed by atoms with Gasteiger partial charge in [0.25, 0.3) is 0 Å². The predicted molar refractivity (Wildman–Crippen MR) is 60.9 cm³/mol. The van der Waals surface area contributed by atoms with Crippen LogP contribution in [0.2, 0.25) is 0 Å². The molecule has 1 aromatic heterocycles. The fourth-order valence-corrected chi connectivity index (χ4v) is 1.45. The van der Waals surface area contributed by atoms with E-state index < -0.39 is 11.8 Å². The van der Waals surface area contributed by atoms with Gasteiger partial charge in [-0.05, 0) is 24.3 Å². The molecule has 0 saturated carbocycles. The number of rotatable bonds is 3. The number of carboxylic acids is 1. The third-order valence-electron chi connectivity index (χ3n) is 2.33. The largest absolute Gasteiger partial charge is 0.494 e. The summed E-state index contributed by atoms with van der Waals surface area (Å²) in [6.45, 7) is 0. The van der Waals surface area contributed by atoms with E-state index in [1.54, 1.807) is 0 Å². The van der Waals surface area contributed by atoms with Crippen LogP contribution in [0, 0.1) is 5.82 Å². The van der Waals surface area contributed by atoms with E-state index in [2.05, 4.69) is 9.97 Å². The van der Waals surface area contributed by atoms with Gasteiger partial charge in [0.05, 0.1) is 12.8 Å². The van der Waals surface area contributed by atoms with Gasteiger partial charge in [0.15, 0.2) is 17.3 Å². The van der Waals surface area contributed by atoms with Crippen molar-refractivity contribution in [2.24, 2.45) is 0 Å². The summed E-state index contributed by atoms with van der Waals surface area (Å²) in [4.78, 5) is 18.3. The first-order valence-corrected chi connectivity index (χ1v) is 5.01. The van der Waals surface area contributed by atoms with Gasteiger partial charge in [-0.15, -0.1) is 0 Å². The molecule has 1 N–H and O–H groups in total. The minimum atomic E-state index is -1.15. The summed E-state index contributed by atoms with van der Waals surface area (Å²) in [6.07, 6.45) is 1.15. The number of carbonyl (C=O) groups is 1. The number of aromatic carboxylic acids is 1. The average molecular weight is 248 g/mol. The molecule has 0 atom stereocenters. The smallest absolute Gasteiger partial charge is 0.354 e. The lowest BCUT2D eigenvalue weighted by Crippen LogP contribution is -2.01. The molecule has 0 unspecified atom stereocenters. The van der Waals surface area contributed by atoms with Crippen molar-refractivity contribution >= 4 is 5.97 Å². The topological polar surface area (TPSA) is 72.3 Å². The summed E-state index contributed by atoms with van der Waals surface area (Å²) >= 11 is 0. The van der Waals surface area contributed by atoms with Crippen LogP contribution in [0.25, 0.3) is 11.3 Å². The fourth-order valence-electron chi connectivity index (χ4n) is 1.45. The predicted octanol–water partition coefficient (Wildman–Crippen LogP) is 1.99. The molecular weight excluding hydrogens is 239 g/mol. The highest BCUT2D eigenvalue weighted by Gasteiger charge is 2.10. The summed E-state index contributed by atoms with van der Waals surface area (Å²) in [5.74, 6) is -1.57. The Morgan fingerprint density at radius 3 is 2.78 bits per heavy atom. The van der Waals surface area contributed by atoms with Crippen molar-refractivity contribution < 1.29 is 19.0 Å². The minimum Gasteiger partial charge on any atom is -0.494 e. The van der Waals surface area contributed by atoms with Crippen LogP contribution < -0.4 is 4.74 Å². The Labute approximate surface area is 102 Å². The van der Waals surface area contributed by atoms with E-state index in [0.717, 1.165) is 6.33 Å². The molecule has 18 heavy (non-hydrogen) atoms. The zero-order chi connectivity index (χ0) is 13.1. The van der Waals surface area contributed by atoms with Crippen molar-refractivity contribution in [3.05, 3.63) is 42.1 Å². The number of nitrogens with zero attached hydrogens (tertiary/aromatic N) is 2. The van der Waals surface area contributed by atoms with Crippen molar-refractivity contribution in [3.63, 3.8) is 0 Å². The molecule has 2 aromatic rings. The quantitative estimate of drug-likeness (QED) is 0.899. The van der Waals surface area contributed by atoms with E-state index in [1.807, 2.05) is 0 Å². The van der Waals surface area contributed by atoms with Gasteiger partial charge in [-0.3, -0.25) is 0 Å². The molecule has 0 saturated heterocycles. The third-order valence-corrected chi connectivity index (χ3v) is 2.33. The van der Waals surface area contributed by atoms with Crippen molar-refractivity contribution in [2.45, 2.75) is 0 Å². The molecule has 92 valence electrons. The summed E-state index contributed by atoms with van der Waals surface area (Å²) < 4.78 is 18.1. The number of halogens is 1. The second-order valence-electron chi connectivity index (χ2n) is 3.44. The van der Waals surface area contributed by atoms with Crippen LogP contribution in [-0.4, -0.2) is 28.2 Å². The highest BCUT2D eigenvalue weighted by Crippen LogP contribution is 2.25. The molecule has 0 spiro atoms. The second kappa shape index (κ2) is 4.79. The third kappa shape index (κ3) is 2.27. The molecule has 0 aliphatic carbocycles. The molecule has 5 nitrogen and oxygen atoms in total. The zero-order valence-corrected chi connectivity index (χ0v) is 9.42. The zero-order valence-electron chi connectivity index (χ0n) is 9.42. The first-order chi connectivity index (χ1) is 8.61. The van der Waals surface area contributed by atoms with E-state index in [9.17, 15) is 9.18 Å². The number of aromatic nitrogens is 2. The molecule has 0 bridgehead atoms. The standard InChI is InChI=1S/C12H9FN2O3/c1-18-11-4-7(2-3-8(11)13)9-5-10(12(16)17)15-6-14-9/h2-6H,1H3,(H,16,17).